The maximum atomic E-state index is 12.6. The van der Waals surface area contributed by atoms with Crippen molar-refractivity contribution >= 4 is 29.8 Å². The van der Waals surface area contributed by atoms with Crippen molar-refractivity contribution in [3.05, 3.63) is 71.3 Å². The lowest BCUT2D eigenvalue weighted by Gasteiger charge is -2.22. The van der Waals surface area contributed by atoms with E-state index in [1.54, 1.807) is 12.1 Å². The van der Waals surface area contributed by atoms with Crippen LogP contribution in [0.25, 0.3) is 0 Å². The van der Waals surface area contributed by atoms with Crippen LogP contribution in [0.4, 0.5) is 9.59 Å². The molecule has 0 aromatic heterocycles. The predicted molar refractivity (Wildman–Crippen MR) is 108 cm³/mol. The van der Waals surface area contributed by atoms with Crippen LogP contribution in [-0.4, -0.2) is 46.4 Å². The number of nitrogens with zero attached hydrogens (tertiary/aromatic N) is 1. The number of rotatable bonds is 6. The SMILES string of the molecule is C[C@@]1(c2ccc(C(=N)NC(=O)OCc3ccccc3)cc2)NC(=O)N(CC(=O)O)C1=O. The fraction of sp³-hybridized carbons (Fsp3) is 0.190. The Hall–Kier alpha value is -4.21. The summed E-state index contributed by atoms with van der Waals surface area (Å²) in [5.41, 5.74) is 0.127. The second kappa shape index (κ2) is 8.66. The molecular formula is C21H20N4O6. The van der Waals surface area contributed by atoms with E-state index in [2.05, 4.69) is 10.6 Å². The summed E-state index contributed by atoms with van der Waals surface area (Å²) in [5, 5.41) is 21.7. The standard InChI is InChI=1S/C21H20N4O6/c1-21(18(28)25(11-16(26)27)19(29)24-21)15-9-7-14(8-10-15)17(22)23-20(30)31-12-13-5-3-2-4-6-13/h2-10H,11-12H2,1H3,(H,24,29)(H,26,27)(H2,22,23,30)/t21-/m0/s1. The molecular weight excluding hydrogens is 404 g/mol. The number of hydrogen-bond donors (Lipinski definition) is 4. The zero-order valence-corrected chi connectivity index (χ0v) is 16.5. The molecule has 1 heterocycles. The molecule has 10 nitrogen and oxygen atoms in total. The van der Waals surface area contributed by atoms with Crippen molar-refractivity contribution in [2.75, 3.05) is 6.54 Å². The van der Waals surface area contributed by atoms with Crippen molar-refractivity contribution in [2.45, 2.75) is 19.1 Å². The number of urea groups is 1. The van der Waals surface area contributed by atoms with Crippen LogP contribution in [0.5, 0.6) is 0 Å². The minimum Gasteiger partial charge on any atom is -0.480 e. The number of carbonyl (C=O) groups is 4. The average Bonchev–Trinajstić information content (AvgIpc) is 2.96. The zero-order valence-electron chi connectivity index (χ0n) is 16.5. The lowest BCUT2D eigenvalue weighted by atomic mass is 9.91. The summed E-state index contributed by atoms with van der Waals surface area (Å²) < 4.78 is 5.07. The Kier molecular flexibility index (Phi) is 6.00. The largest absolute Gasteiger partial charge is 0.480 e. The van der Waals surface area contributed by atoms with Crippen molar-refractivity contribution in [3.8, 4) is 0 Å². The van der Waals surface area contributed by atoms with Gasteiger partial charge in [0, 0.05) is 5.56 Å². The third-order valence-corrected chi connectivity index (χ3v) is 4.76. The molecule has 2 aromatic carbocycles. The smallest absolute Gasteiger partial charge is 0.413 e. The number of imide groups is 1. The van der Waals surface area contributed by atoms with Gasteiger partial charge >= 0.3 is 18.1 Å². The third-order valence-electron chi connectivity index (χ3n) is 4.76. The number of carboxylic acid groups (broad SMARTS) is 1. The highest BCUT2D eigenvalue weighted by Gasteiger charge is 2.49. The van der Waals surface area contributed by atoms with Gasteiger partial charge in [0.1, 0.15) is 24.5 Å². The maximum Gasteiger partial charge on any atom is 0.413 e. The molecule has 4 amide bonds. The molecule has 2 aromatic rings. The number of ether oxygens (including phenoxy) is 1. The Morgan fingerprint density at radius 1 is 1.13 bits per heavy atom. The molecule has 160 valence electrons. The normalized spacial score (nSPS) is 17.8. The van der Waals surface area contributed by atoms with Gasteiger partial charge in [0.05, 0.1) is 0 Å². The third kappa shape index (κ3) is 4.69. The number of hydrogen-bond acceptors (Lipinski definition) is 6. The Balaban J connectivity index is 1.63. The fourth-order valence-corrected chi connectivity index (χ4v) is 3.08. The molecule has 3 rings (SSSR count). The zero-order chi connectivity index (χ0) is 22.6. The molecule has 1 aliphatic rings. The number of nitrogens with one attached hydrogen (secondary N) is 3. The number of carboxylic acids is 1. The molecule has 0 spiro atoms. The summed E-state index contributed by atoms with van der Waals surface area (Å²) in [4.78, 5) is 48.0. The lowest BCUT2D eigenvalue weighted by Crippen LogP contribution is -2.41. The van der Waals surface area contributed by atoms with Gasteiger partial charge in [-0.2, -0.15) is 0 Å². The fourth-order valence-electron chi connectivity index (χ4n) is 3.08. The average molecular weight is 424 g/mol. The topological polar surface area (TPSA) is 149 Å². The van der Waals surface area contributed by atoms with Gasteiger partial charge in [0.15, 0.2) is 0 Å². The summed E-state index contributed by atoms with van der Waals surface area (Å²) in [5.74, 6) is -2.20. The summed E-state index contributed by atoms with van der Waals surface area (Å²) in [6.07, 6.45) is -0.785. The van der Waals surface area contributed by atoms with E-state index in [0.29, 0.717) is 16.0 Å². The number of benzene rings is 2. The van der Waals surface area contributed by atoms with Gasteiger partial charge in [0.2, 0.25) is 0 Å². The number of alkyl carbamates (subject to hydrolysis) is 1. The molecule has 4 N–H and O–H groups in total. The van der Waals surface area contributed by atoms with Gasteiger partial charge < -0.3 is 15.2 Å². The van der Waals surface area contributed by atoms with Crippen molar-refractivity contribution in [1.82, 2.24) is 15.5 Å². The van der Waals surface area contributed by atoms with Crippen molar-refractivity contribution in [3.63, 3.8) is 0 Å². The van der Waals surface area contributed by atoms with E-state index in [-0.39, 0.29) is 12.4 Å². The Morgan fingerprint density at radius 3 is 2.39 bits per heavy atom. The van der Waals surface area contributed by atoms with E-state index in [9.17, 15) is 19.2 Å². The Bertz CT molecular complexity index is 1040. The summed E-state index contributed by atoms with van der Waals surface area (Å²) >= 11 is 0. The van der Waals surface area contributed by atoms with Crippen LogP contribution in [0.3, 0.4) is 0 Å². The first-order chi connectivity index (χ1) is 14.7. The highest BCUT2D eigenvalue weighted by Crippen LogP contribution is 2.28. The van der Waals surface area contributed by atoms with Gasteiger partial charge in [-0.25, -0.2) is 9.59 Å². The van der Waals surface area contributed by atoms with Crippen molar-refractivity contribution in [2.24, 2.45) is 0 Å². The summed E-state index contributed by atoms with van der Waals surface area (Å²) in [6.45, 7) is 0.790. The van der Waals surface area contributed by atoms with E-state index in [1.807, 2.05) is 18.2 Å². The van der Waals surface area contributed by atoms with Gasteiger partial charge in [0.25, 0.3) is 5.91 Å². The van der Waals surface area contributed by atoms with E-state index in [4.69, 9.17) is 15.3 Å². The van der Waals surface area contributed by atoms with Gasteiger partial charge in [-0.1, -0.05) is 54.6 Å². The maximum absolute atomic E-state index is 12.6. The summed E-state index contributed by atoms with van der Waals surface area (Å²) in [6, 6.07) is 14.3. The highest BCUT2D eigenvalue weighted by molar-refractivity contribution is 6.09. The number of carbonyl (C=O) groups excluding carboxylic acids is 3. The molecule has 1 saturated heterocycles. The van der Waals surface area contributed by atoms with Gasteiger partial charge in [-0.3, -0.25) is 25.2 Å². The second-order valence-electron chi connectivity index (χ2n) is 6.98. The van der Waals surface area contributed by atoms with Gasteiger partial charge in [-0.05, 0) is 18.1 Å². The van der Waals surface area contributed by atoms with E-state index >= 15 is 0 Å². The lowest BCUT2D eigenvalue weighted by molar-refractivity contribution is -0.142. The molecule has 0 aliphatic carbocycles. The highest BCUT2D eigenvalue weighted by atomic mass is 16.5. The Labute approximate surface area is 177 Å². The van der Waals surface area contributed by atoms with Crippen LogP contribution < -0.4 is 10.6 Å². The molecule has 31 heavy (non-hydrogen) atoms. The minimum atomic E-state index is -1.44. The van der Waals surface area contributed by atoms with Crippen molar-refractivity contribution in [1.29, 1.82) is 5.41 Å². The quantitative estimate of drug-likeness (QED) is 0.316. The van der Waals surface area contributed by atoms with E-state index in [1.165, 1.54) is 31.2 Å². The minimum absolute atomic E-state index is 0.0614. The molecule has 0 radical (unpaired) electrons. The van der Waals surface area contributed by atoms with Crippen LogP contribution in [0, 0.1) is 5.41 Å². The van der Waals surface area contributed by atoms with Crippen LogP contribution >= 0.6 is 0 Å². The molecule has 1 fully saturated rings. The molecule has 1 aliphatic heterocycles. The number of aliphatic carboxylic acids is 1. The first-order valence-corrected chi connectivity index (χ1v) is 9.24. The second-order valence-corrected chi connectivity index (χ2v) is 6.98. The van der Waals surface area contributed by atoms with E-state index < -0.39 is 36.1 Å². The Morgan fingerprint density at radius 2 is 1.77 bits per heavy atom. The number of amidine groups is 1. The van der Waals surface area contributed by atoms with Crippen molar-refractivity contribution < 1.29 is 29.0 Å². The molecule has 0 saturated carbocycles. The molecule has 10 heteroatoms. The van der Waals surface area contributed by atoms with Crippen LogP contribution in [-0.2, 0) is 26.5 Å². The predicted octanol–water partition coefficient (Wildman–Crippen LogP) is 1.79. The van der Waals surface area contributed by atoms with Gasteiger partial charge in [-0.15, -0.1) is 0 Å². The molecule has 0 unspecified atom stereocenters. The van der Waals surface area contributed by atoms with E-state index in [0.717, 1.165) is 5.56 Å². The monoisotopic (exact) mass is 424 g/mol. The first-order valence-electron chi connectivity index (χ1n) is 9.24. The van der Waals surface area contributed by atoms with Crippen LogP contribution in [0.1, 0.15) is 23.6 Å². The summed E-state index contributed by atoms with van der Waals surface area (Å²) in [7, 11) is 0. The van der Waals surface area contributed by atoms with Crippen LogP contribution in [0.2, 0.25) is 0 Å². The molecule has 0 bridgehead atoms. The molecule has 1 atom stereocenters. The first kappa shape index (κ1) is 21.5. The number of amides is 4. The van der Waals surface area contributed by atoms with Crippen LogP contribution in [0.15, 0.2) is 54.6 Å².